The van der Waals surface area contributed by atoms with Crippen LogP contribution in [0.15, 0.2) is 6.07 Å². The highest BCUT2D eigenvalue weighted by molar-refractivity contribution is 7.99. The van der Waals surface area contributed by atoms with Crippen LogP contribution in [-0.2, 0) is 6.54 Å². The van der Waals surface area contributed by atoms with Crippen molar-refractivity contribution in [3.8, 4) is 0 Å². The second-order valence-electron chi connectivity index (χ2n) is 6.54. The molecule has 3 nitrogen and oxygen atoms in total. The molecule has 1 saturated heterocycles. The van der Waals surface area contributed by atoms with E-state index >= 15 is 0 Å². The van der Waals surface area contributed by atoms with Crippen molar-refractivity contribution in [2.45, 2.75) is 53.1 Å². The zero-order valence-electron chi connectivity index (χ0n) is 12.7. The maximum atomic E-state index is 4.50. The highest BCUT2D eigenvalue weighted by Crippen LogP contribution is 2.33. The Morgan fingerprint density at radius 2 is 2.26 bits per heavy atom. The SMILES string of the molecule is Cc1cc(C)n(CCCNC2CSCC(C)(C)C2)n1. The van der Waals surface area contributed by atoms with Crippen LogP contribution in [-0.4, -0.2) is 33.9 Å². The van der Waals surface area contributed by atoms with E-state index in [9.17, 15) is 0 Å². The van der Waals surface area contributed by atoms with Crippen LogP contribution in [0.1, 0.15) is 38.1 Å². The van der Waals surface area contributed by atoms with Gasteiger partial charge >= 0.3 is 0 Å². The fourth-order valence-electron chi connectivity index (χ4n) is 2.83. The van der Waals surface area contributed by atoms with Crippen molar-refractivity contribution < 1.29 is 0 Å². The fourth-order valence-corrected chi connectivity index (χ4v) is 4.14. The monoisotopic (exact) mass is 281 g/mol. The van der Waals surface area contributed by atoms with Gasteiger partial charge in [-0.3, -0.25) is 4.68 Å². The summed E-state index contributed by atoms with van der Waals surface area (Å²) in [6.07, 6.45) is 2.46. The topological polar surface area (TPSA) is 29.9 Å². The molecule has 1 aliphatic rings. The summed E-state index contributed by atoms with van der Waals surface area (Å²) in [6, 6.07) is 2.84. The van der Waals surface area contributed by atoms with Crippen LogP contribution in [0.2, 0.25) is 0 Å². The summed E-state index contributed by atoms with van der Waals surface area (Å²) in [4.78, 5) is 0. The van der Waals surface area contributed by atoms with Crippen molar-refractivity contribution in [3.63, 3.8) is 0 Å². The number of aryl methyl sites for hydroxylation is 3. The summed E-state index contributed by atoms with van der Waals surface area (Å²) < 4.78 is 2.12. The van der Waals surface area contributed by atoms with Gasteiger partial charge in [0.05, 0.1) is 5.69 Å². The molecule has 2 heterocycles. The molecule has 0 amide bonds. The first-order chi connectivity index (χ1) is 8.96. The third-order valence-corrected chi connectivity index (χ3v) is 5.32. The number of nitrogens with zero attached hydrogens (tertiary/aromatic N) is 2. The van der Waals surface area contributed by atoms with Crippen molar-refractivity contribution in [1.82, 2.24) is 15.1 Å². The van der Waals surface area contributed by atoms with Crippen LogP contribution < -0.4 is 5.32 Å². The molecule has 0 spiro atoms. The van der Waals surface area contributed by atoms with Gasteiger partial charge in [0, 0.05) is 24.0 Å². The minimum Gasteiger partial charge on any atom is -0.313 e. The van der Waals surface area contributed by atoms with Crippen molar-refractivity contribution in [2.24, 2.45) is 5.41 Å². The molecule has 0 radical (unpaired) electrons. The Bertz CT molecular complexity index is 412. The average molecular weight is 281 g/mol. The van der Waals surface area contributed by atoms with E-state index < -0.39 is 0 Å². The molecular formula is C15H27N3S. The van der Waals surface area contributed by atoms with Crippen LogP contribution in [0.4, 0.5) is 0 Å². The standard InChI is InChI=1S/C15H27N3S/c1-12-8-13(2)18(17-12)7-5-6-16-14-9-15(3,4)11-19-10-14/h8,14,16H,5-7,9-11H2,1-4H3. The van der Waals surface area contributed by atoms with Crippen LogP contribution in [0, 0.1) is 19.3 Å². The average Bonchev–Trinajstić information content (AvgIpc) is 2.62. The predicted octanol–water partition coefficient (Wildman–Crippen LogP) is 3.01. The number of aromatic nitrogens is 2. The molecule has 0 aromatic carbocycles. The molecule has 1 unspecified atom stereocenters. The molecule has 2 rings (SSSR count). The van der Waals surface area contributed by atoms with E-state index in [-0.39, 0.29) is 0 Å². The zero-order valence-corrected chi connectivity index (χ0v) is 13.5. The normalized spacial score (nSPS) is 22.6. The van der Waals surface area contributed by atoms with Crippen molar-refractivity contribution in [3.05, 3.63) is 17.5 Å². The summed E-state index contributed by atoms with van der Waals surface area (Å²) in [5.74, 6) is 2.57. The maximum Gasteiger partial charge on any atom is 0.0596 e. The first kappa shape index (κ1) is 14.9. The van der Waals surface area contributed by atoms with E-state index in [0.29, 0.717) is 11.5 Å². The van der Waals surface area contributed by atoms with E-state index in [4.69, 9.17) is 0 Å². The lowest BCUT2D eigenvalue weighted by atomic mass is 9.88. The van der Waals surface area contributed by atoms with Gasteiger partial charge in [0.1, 0.15) is 0 Å². The Hall–Kier alpha value is -0.480. The summed E-state index contributed by atoms with van der Waals surface area (Å²) in [5, 5.41) is 8.21. The maximum absolute atomic E-state index is 4.50. The largest absolute Gasteiger partial charge is 0.313 e. The Labute approximate surface area is 121 Å². The van der Waals surface area contributed by atoms with E-state index in [1.807, 2.05) is 0 Å². The van der Waals surface area contributed by atoms with Crippen LogP contribution >= 0.6 is 11.8 Å². The Kier molecular flexibility index (Phi) is 4.96. The number of thioether (sulfide) groups is 1. The van der Waals surface area contributed by atoms with Crippen molar-refractivity contribution >= 4 is 11.8 Å². The van der Waals surface area contributed by atoms with Crippen LogP contribution in [0.3, 0.4) is 0 Å². The molecule has 0 bridgehead atoms. The third-order valence-electron chi connectivity index (χ3n) is 3.69. The minimum atomic E-state index is 0.496. The molecule has 4 heteroatoms. The molecule has 0 aliphatic carbocycles. The summed E-state index contributed by atoms with van der Waals surface area (Å²) in [7, 11) is 0. The summed E-state index contributed by atoms with van der Waals surface area (Å²) in [5.41, 5.74) is 2.89. The molecular weight excluding hydrogens is 254 g/mol. The molecule has 1 aromatic rings. The third kappa shape index (κ3) is 4.53. The number of rotatable bonds is 5. The van der Waals surface area contributed by atoms with Gasteiger partial charge in [-0.25, -0.2) is 0 Å². The summed E-state index contributed by atoms with van der Waals surface area (Å²) in [6.45, 7) is 11.1. The van der Waals surface area contributed by atoms with Gasteiger partial charge in [-0.05, 0) is 50.5 Å². The lowest BCUT2D eigenvalue weighted by molar-refractivity contribution is 0.316. The van der Waals surface area contributed by atoms with Gasteiger partial charge in [-0.1, -0.05) is 13.8 Å². The summed E-state index contributed by atoms with van der Waals surface area (Å²) >= 11 is 2.09. The van der Waals surface area contributed by atoms with Gasteiger partial charge in [0.2, 0.25) is 0 Å². The zero-order chi connectivity index (χ0) is 13.9. The van der Waals surface area contributed by atoms with Crippen molar-refractivity contribution in [1.29, 1.82) is 0 Å². The van der Waals surface area contributed by atoms with E-state index in [0.717, 1.165) is 25.2 Å². The van der Waals surface area contributed by atoms with E-state index in [1.165, 1.54) is 23.6 Å². The van der Waals surface area contributed by atoms with Gasteiger partial charge in [0.15, 0.2) is 0 Å². The molecule has 108 valence electrons. The Balaban J connectivity index is 1.68. The molecule has 0 saturated carbocycles. The van der Waals surface area contributed by atoms with Gasteiger partial charge in [0.25, 0.3) is 0 Å². The quantitative estimate of drug-likeness (QED) is 0.842. The molecule has 1 atom stereocenters. The van der Waals surface area contributed by atoms with Crippen LogP contribution in [0.5, 0.6) is 0 Å². The Morgan fingerprint density at radius 1 is 1.47 bits per heavy atom. The Morgan fingerprint density at radius 3 is 2.89 bits per heavy atom. The highest BCUT2D eigenvalue weighted by Gasteiger charge is 2.27. The second-order valence-corrected chi connectivity index (χ2v) is 7.57. The van der Waals surface area contributed by atoms with Crippen LogP contribution in [0.25, 0.3) is 0 Å². The lowest BCUT2D eigenvalue weighted by Gasteiger charge is -2.35. The van der Waals surface area contributed by atoms with Gasteiger partial charge < -0.3 is 5.32 Å². The second kappa shape index (κ2) is 6.31. The van der Waals surface area contributed by atoms with Crippen molar-refractivity contribution in [2.75, 3.05) is 18.1 Å². The molecule has 1 aromatic heterocycles. The fraction of sp³-hybridized carbons (Fsp3) is 0.800. The first-order valence-corrected chi connectivity index (χ1v) is 8.44. The van der Waals surface area contributed by atoms with E-state index in [2.05, 4.69) is 60.6 Å². The van der Waals surface area contributed by atoms with Gasteiger partial charge in [-0.2, -0.15) is 16.9 Å². The lowest BCUT2D eigenvalue weighted by Crippen LogP contribution is -2.40. The molecule has 1 fully saturated rings. The molecule has 19 heavy (non-hydrogen) atoms. The highest BCUT2D eigenvalue weighted by atomic mass is 32.2. The predicted molar refractivity (Wildman–Crippen MR) is 83.8 cm³/mol. The first-order valence-electron chi connectivity index (χ1n) is 7.28. The minimum absolute atomic E-state index is 0.496. The van der Waals surface area contributed by atoms with Gasteiger partial charge in [-0.15, -0.1) is 0 Å². The number of hydrogen-bond donors (Lipinski definition) is 1. The molecule has 1 aliphatic heterocycles. The number of hydrogen-bond acceptors (Lipinski definition) is 3. The molecule has 1 N–H and O–H groups in total. The smallest absolute Gasteiger partial charge is 0.0596 e. The van der Waals surface area contributed by atoms with E-state index in [1.54, 1.807) is 0 Å². The number of nitrogens with one attached hydrogen (secondary N) is 1.